The summed E-state index contributed by atoms with van der Waals surface area (Å²) in [4.78, 5) is 35.8. The van der Waals surface area contributed by atoms with Crippen LogP contribution >= 0.6 is 7.82 Å². The average Bonchev–Trinajstić information content (AvgIpc) is 3.61. The van der Waals surface area contributed by atoms with E-state index in [4.69, 9.17) is 18.5 Å². The average molecular weight is 1190 g/mol. The van der Waals surface area contributed by atoms with E-state index in [-0.39, 0.29) is 32.0 Å². The van der Waals surface area contributed by atoms with Crippen molar-refractivity contribution in [2.45, 2.75) is 290 Å². The number of esters is 2. The van der Waals surface area contributed by atoms with Crippen LogP contribution in [0.3, 0.4) is 0 Å². The fourth-order valence-corrected chi connectivity index (χ4v) is 9.98. The van der Waals surface area contributed by atoms with Gasteiger partial charge in [-0.15, -0.1) is 0 Å². The van der Waals surface area contributed by atoms with Crippen molar-refractivity contribution in [1.29, 1.82) is 0 Å². The van der Waals surface area contributed by atoms with Gasteiger partial charge in [-0.05, 0) is 109 Å². The van der Waals surface area contributed by atoms with E-state index in [0.717, 1.165) is 103 Å². The third-order valence-electron chi connectivity index (χ3n) is 14.5. The van der Waals surface area contributed by atoms with Gasteiger partial charge in [-0.2, -0.15) is 0 Å². The molecule has 0 saturated heterocycles. The summed E-state index contributed by atoms with van der Waals surface area (Å²) in [6.07, 6.45) is 91.5. The molecule has 0 aliphatic heterocycles. The lowest BCUT2D eigenvalue weighted by Crippen LogP contribution is -2.37. The highest BCUT2D eigenvalue weighted by molar-refractivity contribution is 7.47. The first-order chi connectivity index (χ1) is 41.0. The van der Waals surface area contributed by atoms with Gasteiger partial charge in [0.2, 0.25) is 0 Å². The Hall–Kier alpha value is -3.59. The predicted octanol–water partition coefficient (Wildman–Crippen LogP) is 22.3. The third kappa shape index (κ3) is 67.5. The Morgan fingerprint density at radius 1 is 0.381 bits per heavy atom. The summed E-state index contributed by atoms with van der Waals surface area (Å²) in [5.41, 5.74) is 0. The largest absolute Gasteiger partial charge is 0.472 e. The number of hydrogen-bond acceptors (Lipinski definition) is 7. The zero-order valence-corrected chi connectivity index (χ0v) is 55.7. The van der Waals surface area contributed by atoms with Gasteiger partial charge < -0.3 is 18.9 Å². The van der Waals surface area contributed by atoms with Crippen LogP contribution in [0.25, 0.3) is 0 Å². The predicted molar refractivity (Wildman–Crippen MR) is 362 cm³/mol. The number of phosphoric ester groups is 1. The fourth-order valence-electron chi connectivity index (χ4n) is 9.24. The van der Waals surface area contributed by atoms with Crippen LogP contribution in [0.1, 0.15) is 284 Å². The summed E-state index contributed by atoms with van der Waals surface area (Å²) in [7, 11) is 1.47. The van der Waals surface area contributed by atoms with E-state index in [0.29, 0.717) is 17.4 Å². The molecule has 0 radical (unpaired) electrons. The molecule has 9 nitrogen and oxygen atoms in total. The molecule has 0 aromatic rings. The van der Waals surface area contributed by atoms with E-state index >= 15 is 0 Å². The maximum Gasteiger partial charge on any atom is 0.472 e. The summed E-state index contributed by atoms with van der Waals surface area (Å²) in [5.74, 6) is -0.801. The lowest BCUT2D eigenvalue weighted by atomic mass is 10.0. The van der Waals surface area contributed by atoms with Crippen molar-refractivity contribution in [2.75, 3.05) is 47.5 Å². The van der Waals surface area contributed by atoms with E-state index in [1.54, 1.807) is 0 Å². The minimum atomic E-state index is -4.40. The molecular weight excluding hydrogens is 1060 g/mol. The number of carbonyl (C=O) groups is 2. The summed E-state index contributed by atoms with van der Waals surface area (Å²) in [6.45, 7) is 4.33. The number of unbranched alkanes of at least 4 members (excludes halogenated alkanes) is 28. The topological polar surface area (TPSA) is 108 Å². The number of quaternary nitrogens is 1. The number of nitrogens with zero attached hydrogens (tertiary/aromatic N) is 1. The Bertz CT molecular complexity index is 1830. The van der Waals surface area contributed by atoms with E-state index < -0.39 is 26.5 Å². The maximum absolute atomic E-state index is 12.9. The Labute approximate surface area is 518 Å². The SMILES string of the molecule is CC/C=C\C/C=C\C/C=C\C/C=C\C/C=C\C/C=C\C/C=C\C/C=C\C/C=C\CCCCCCCCCCCCCC(=O)OC(COC(=O)CCCCCCCCCCC/C=C\CCCCCCCCCC)COP(=O)(O)OCC[N+](C)(C)C. The van der Waals surface area contributed by atoms with Crippen LogP contribution in [0.2, 0.25) is 0 Å². The normalized spacial score (nSPS) is 13.9. The van der Waals surface area contributed by atoms with Crippen molar-refractivity contribution in [3.63, 3.8) is 0 Å². The second kappa shape index (κ2) is 63.9. The van der Waals surface area contributed by atoms with Crippen LogP contribution in [0.4, 0.5) is 0 Å². The van der Waals surface area contributed by atoms with Crippen LogP contribution in [0.5, 0.6) is 0 Å². The Morgan fingerprint density at radius 2 is 0.679 bits per heavy atom. The standard InChI is InChI=1S/C74H128NO8P/c1-6-8-10-12-14-16-18-20-22-24-26-28-29-30-31-32-33-34-35-36-37-38-39-40-41-42-43-44-45-47-49-51-53-55-57-59-61-63-65-67-74(77)83-72(71-82-84(78,79)81-69-68-75(3,4)5)70-80-73(76)66-64-62-60-58-56-54-52-50-48-46-27-25-23-21-19-17-15-13-11-9-7-2/h8,10,14,16,20,22,25-28,30-31,33-34,36-37,39-40,42-43,72H,6-7,9,11-13,15,17-19,21,23-24,29,32,35,38,41,44-71H2,1-5H3/p+1/b10-8-,16-14-,22-20-,27-25-,28-26-,31-30-,34-33-,37-36-,40-39-,43-42-. The molecule has 1 N–H and O–H groups in total. The molecule has 0 rings (SSSR count). The second-order valence-corrected chi connectivity index (χ2v) is 25.3. The molecule has 0 bridgehead atoms. The minimum absolute atomic E-state index is 0.0266. The monoisotopic (exact) mass is 1190 g/mol. The van der Waals surface area contributed by atoms with E-state index in [1.807, 2.05) is 21.1 Å². The molecule has 2 unspecified atom stereocenters. The molecule has 0 fully saturated rings. The minimum Gasteiger partial charge on any atom is -0.462 e. The van der Waals surface area contributed by atoms with Gasteiger partial charge in [-0.1, -0.05) is 283 Å². The summed E-state index contributed by atoms with van der Waals surface area (Å²) in [6, 6.07) is 0. The van der Waals surface area contributed by atoms with Crippen molar-refractivity contribution >= 4 is 19.8 Å². The number of ether oxygens (including phenoxy) is 2. The number of carbonyl (C=O) groups excluding carboxylic acids is 2. The molecule has 84 heavy (non-hydrogen) atoms. The third-order valence-corrected chi connectivity index (χ3v) is 15.5. The number of hydrogen-bond donors (Lipinski definition) is 1. The van der Waals surface area contributed by atoms with Crippen molar-refractivity contribution in [3.8, 4) is 0 Å². The van der Waals surface area contributed by atoms with Crippen LogP contribution in [0.15, 0.2) is 122 Å². The molecule has 0 heterocycles. The highest BCUT2D eigenvalue weighted by atomic mass is 31.2. The molecule has 10 heteroatoms. The first-order valence-electron chi connectivity index (χ1n) is 34.3. The molecular formula is C74H129NO8P+. The summed E-state index contributed by atoms with van der Waals surface area (Å²) < 4.78 is 34.7. The van der Waals surface area contributed by atoms with Gasteiger partial charge in [-0.25, -0.2) is 4.57 Å². The number of phosphoric acid groups is 1. The lowest BCUT2D eigenvalue weighted by Gasteiger charge is -2.24. The summed E-state index contributed by atoms with van der Waals surface area (Å²) in [5, 5.41) is 0. The van der Waals surface area contributed by atoms with Gasteiger partial charge >= 0.3 is 19.8 Å². The maximum atomic E-state index is 12.9. The first kappa shape index (κ1) is 80.4. The van der Waals surface area contributed by atoms with Gasteiger partial charge in [0.15, 0.2) is 6.10 Å². The zero-order chi connectivity index (χ0) is 61.2. The van der Waals surface area contributed by atoms with Crippen molar-refractivity contribution < 1.29 is 42.1 Å². The molecule has 0 aliphatic carbocycles. The lowest BCUT2D eigenvalue weighted by molar-refractivity contribution is -0.870. The number of allylic oxidation sites excluding steroid dienone is 20. The molecule has 0 aromatic carbocycles. The van der Waals surface area contributed by atoms with Crippen LogP contribution < -0.4 is 0 Å². The van der Waals surface area contributed by atoms with Gasteiger partial charge in [0.25, 0.3) is 0 Å². The molecule has 0 aliphatic rings. The number of likely N-dealkylation sites (N-methyl/N-ethyl adjacent to an activating group) is 1. The Balaban J connectivity index is 4.08. The second-order valence-electron chi connectivity index (χ2n) is 23.8. The van der Waals surface area contributed by atoms with Gasteiger partial charge in [0.1, 0.15) is 19.8 Å². The van der Waals surface area contributed by atoms with Crippen LogP contribution in [-0.4, -0.2) is 74.9 Å². The highest BCUT2D eigenvalue weighted by Crippen LogP contribution is 2.43. The summed E-state index contributed by atoms with van der Waals surface area (Å²) >= 11 is 0. The van der Waals surface area contributed by atoms with Gasteiger partial charge in [0, 0.05) is 12.8 Å². The zero-order valence-electron chi connectivity index (χ0n) is 54.9. The van der Waals surface area contributed by atoms with E-state index in [1.165, 1.54) is 148 Å². The number of rotatable bonds is 62. The quantitative estimate of drug-likeness (QED) is 0.0211. The fraction of sp³-hybridized carbons (Fsp3) is 0.703. The van der Waals surface area contributed by atoms with E-state index in [2.05, 4.69) is 135 Å². The first-order valence-corrected chi connectivity index (χ1v) is 35.8. The van der Waals surface area contributed by atoms with Crippen molar-refractivity contribution in [1.82, 2.24) is 0 Å². The van der Waals surface area contributed by atoms with Crippen molar-refractivity contribution in [2.24, 2.45) is 0 Å². The molecule has 0 spiro atoms. The van der Waals surface area contributed by atoms with Crippen molar-refractivity contribution in [3.05, 3.63) is 122 Å². The molecule has 2 atom stereocenters. The molecule has 482 valence electrons. The molecule has 0 amide bonds. The Kier molecular flexibility index (Phi) is 61.2. The van der Waals surface area contributed by atoms with E-state index in [9.17, 15) is 19.0 Å². The molecule has 0 saturated carbocycles. The molecule has 0 aromatic heterocycles. The van der Waals surface area contributed by atoms with Crippen LogP contribution in [-0.2, 0) is 32.7 Å². The van der Waals surface area contributed by atoms with Crippen LogP contribution in [0, 0.1) is 0 Å². The smallest absolute Gasteiger partial charge is 0.462 e. The highest BCUT2D eigenvalue weighted by Gasteiger charge is 2.27. The van der Waals surface area contributed by atoms with Gasteiger partial charge in [-0.3, -0.25) is 18.6 Å². The Morgan fingerprint density at radius 3 is 1.02 bits per heavy atom. The van der Waals surface area contributed by atoms with Gasteiger partial charge in [0.05, 0.1) is 27.7 Å².